The van der Waals surface area contributed by atoms with Crippen LogP contribution < -0.4 is 0 Å². The standard InChI is InChI=1S/C12H14Cl2O2/c13-10-2-1-8(11(14)6-10)5-9-7-16-4-3-12(9)15/h1-2,6,9,12,15H,3-5,7H2/t9-,12-/m0/s1. The van der Waals surface area contributed by atoms with E-state index in [1.807, 2.05) is 12.1 Å². The number of ether oxygens (including phenoxy) is 1. The number of halogens is 2. The monoisotopic (exact) mass is 260 g/mol. The van der Waals surface area contributed by atoms with Crippen LogP contribution in [0.15, 0.2) is 18.2 Å². The molecule has 1 aliphatic rings. The Morgan fingerprint density at radius 3 is 2.88 bits per heavy atom. The van der Waals surface area contributed by atoms with Gasteiger partial charge in [0.05, 0.1) is 12.7 Å². The van der Waals surface area contributed by atoms with E-state index in [-0.39, 0.29) is 12.0 Å². The molecule has 0 unspecified atom stereocenters. The van der Waals surface area contributed by atoms with E-state index in [0.717, 1.165) is 12.0 Å². The van der Waals surface area contributed by atoms with Crippen molar-refractivity contribution in [2.75, 3.05) is 13.2 Å². The van der Waals surface area contributed by atoms with Gasteiger partial charge >= 0.3 is 0 Å². The third-order valence-electron chi connectivity index (χ3n) is 2.93. The van der Waals surface area contributed by atoms with Gasteiger partial charge in [0.25, 0.3) is 0 Å². The first-order chi connectivity index (χ1) is 7.66. The van der Waals surface area contributed by atoms with Gasteiger partial charge in [-0.2, -0.15) is 0 Å². The summed E-state index contributed by atoms with van der Waals surface area (Å²) < 4.78 is 5.36. The highest BCUT2D eigenvalue weighted by Crippen LogP contribution is 2.26. The normalized spacial score (nSPS) is 25.7. The minimum absolute atomic E-state index is 0.132. The minimum Gasteiger partial charge on any atom is -0.393 e. The molecule has 0 amide bonds. The summed E-state index contributed by atoms with van der Waals surface area (Å²) in [5, 5.41) is 11.1. The quantitative estimate of drug-likeness (QED) is 0.886. The summed E-state index contributed by atoms with van der Waals surface area (Å²) in [5.74, 6) is 0.132. The van der Waals surface area contributed by atoms with E-state index in [9.17, 15) is 5.11 Å². The largest absolute Gasteiger partial charge is 0.393 e. The Hall–Kier alpha value is -0.280. The maximum absolute atomic E-state index is 9.83. The molecule has 0 aromatic heterocycles. The van der Waals surface area contributed by atoms with Crippen molar-refractivity contribution in [1.29, 1.82) is 0 Å². The maximum Gasteiger partial charge on any atom is 0.0615 e. The summed E-state index contributed by atoms with van der Waals surface area (Å²) in [5.41, 5.74) is 1.01. The molecule has 1 heterocycles. The zero-order valence-electron chi connectivity index (χ0n) is 8.83. The lowest BCUT2D eigenvalue weighted by Gasteiger charge is -2.28. The molecule has 1 aromatic rings. The van der Waals surface area contributed by atoms with Crippen LogP contribution in [-0.4, -0.2) is 24.4 Å². The van der Waals surface area contributed by atoms with E-state index >= 15 is 0 Å². The van der Waals surface area contributed by atoms with E-state index in [2.05, 4.69) is 0 Å². The molecular formula is C12H14Cl2O2. The van der Waals surface area contributed by atoms with E-state index in [0.29, 0.717) is 29.7 Å². The van der Waals surface area contributed by atoms with Crippen molar-refractivity contribution in [3.63, 3.8) is 0 Å². The average molecular weight is 261 g/mol. The molecule has 0 saturated carbocycles. The molecule has 1 aromatic carbocycles. The van der Waals surface area contributed by atoms with E-state index in [1.54, 1.807) is 6.07 Å². The van der Waals surface area contributed by atoms with Crippen LogP contribution >= 0.6 is 23.2 Å². The molecule has 16 heavy (non-hydrogen) atoms. The Morgan fingerprint density at radius 1 is 1.38 bits per heavy atom. The summed E-state index contributed by atoms with van der Waals surface area (Å²) in [6, 6.07) is 5.46. The topological polar surface area (TPSA) is 29.5 Å². The van der Waals surface area contributed by atoms with Gasteiger partial charge in [0.2, 0.25) is 0 Å². The van der Waals surface area contributed by atoms with Crippen molar-refractivity contribution in [3.8, 4) is 0 Å². The SMILES string of the molecule is O[C@H]1CCOC[C@@H]1Cc1ccc(Cl)cc1Cl. The predicted molar refractivity (Wildman–Crippen MR) is 65.1 cm³/mol. The second kappa shape index (κ2) is 5.37. The lowest BCUT2D eigenvalue weighted by atomic mass is 9.91. The summed E-state index contributed by atoms with van der Waals surface area (Å²) in [7, 11) is 0. The first-order valence-electron chi connectivity index (χ1n) is 5.36. The van der Waals surface area contributed by atoms with Gasteiger partial charge in [-0.15, -0.1) is 0 Å². The molecule has 1 N–H and O–H groups in total. The van der Waals surface area contributed by atoms with Gasteiger partial charge in [-0.25, -0.2) is 0 Å². The number of aliphatic hydroxyl groups is 1. The second-order valence-electron chi connectivity index (χ2n) is 4.13. The maximum atomic E-state index is 9.83. The lowest BCUT2D eigenvalue weighted by Crippen LogP contribution is -2.33. The fourth-order valence-electron chi connectivity index (χ4n) is 1.95. The number of benzene rings is 1. The summed E-state index contributed by atoms with van der Waals surface area (Å²) >= 11 is 11.9. The highest BCUT2D eigenvalue weighted by Gasteiger charge is 2.24. The van der Waals surface area contributed by atoms with Crippen LogP contribution in [0.3, 0.4) is 0 Å². The Bertz CT molecular complexity index is 368. The summed E-state index contributed by atoms with van der Waals surface area (Å²) in [4.78, 5) is 0. The Morgan fingerprint density at radius 2 is 2.19 bits per heavy atom. The lowest BCUT2D eigenvalue weighted by molar-refractivity contribution is -0.0350. The van der Waals surface area contributed by atoms with Crippen molar-refractivity contribution in [1.82, 2.24) is 0 Å². The van der Waals surface area contributed by atoms with Crippen molar-refractivity contribution in [3.05, 3.63) is 33.8 Å². The van der Waals surface area contributed by atoms with Gasteiger partial charge in [-0.05, 0) is 30.5 Å². The fourth-order valence-corrected chi connectivity index (χ4v) is 2.44. The molecule has 1 fully saturated rings. The van der Waals surface area contributed by atoms with Crippen molar-refractivity contribution >= 4 is 23.2 Å². The van der Waals surface area contributed by atoms with Crippen LogP contribution in [-0.2, 0) is 11.2 Å². The van der Waals surface area contributed by atoms with Crippen LogP contribution in [0.5, 0.6) is 0 Å². The van der Waals surface area contributed by atoms with Crippen LogP contribution in [0.2, 0.25) is 10.0 Å². The van der Waals surface area contributed by atoms with Crippen molar-refractivity contribution in [2.24, 2.45) is 5.92 Å². The minimum atomic E-state index is -0.291. The first kappa shape index (κ1) is 12.2. The highest BCUT2D eigenvalue weighted by molar-refractivity contribution is 6.35. The number of hydrogen-bond donors (Lipinski definition) is 1. The molecular weight excluding hydrogens is 247 g/mol. The molecule has 4 heteroatoms. The Balaban J connectivity index is 2.07. The second-order valence-corrected chi connectivity index (χ2v) is 4.97. The van der Waals surface area contributed by atoms with Crippen molar-refractivity contribution in [2.45, 2.75) is 18.9 Å². The molecule has 2 rings (SSSR count). The van der Waals surface area contributed by atoms with Gasteiger partial charge in [-0.1, -0.05) is 29.3 Å². The Kier molecular flexibility index (Phi) is 4.09. The third kappa shape index (κ3) is 2.89. The van der Waals surface area contributed by atoms with Crippen LogP contribution in [0, 0.1) is 5.92 Å². The zero-order valence-corrected chi connectivity index (χ0v) is 10.3. The van der Waals surface area contributed by atoms with Gasteiger partial charge in [0, 0.05) is 22.6 Å². The zero-order chi connectivity index (χ0) is 11.5. The molecule has 0 aliphatic carbocycles. The molecule has 0 radical (unpaired) electrons. The number of aliphatic hydroxyl groups excluding tert-OH is 1. The third-order valence-corrected chi connectivity index (χ3v) is 3.52. The van der Waals surface area contributed by atoms with E-state index < -0.39 is 0 Å². The molecule has 1 aliphatic heterocycles. The number of hydrogen-bond acceptors (Lipinski definition) is 2. The van der Waals surface area contributed by atoms with Crippen LogP contribution in [0.25, 0.3) is 0 Å². The summed E-state index contributed by atoms with van der Waals surface area (Å²) in [6.07, 6.45) is 1.15. The molecule has 0 spiro atoms. The van der Waals surface area contributed by atoms with Gasteiger partial charge in [0.15, 0.2) is 0 Å². The van der Waals surface area contributed by atoms with Crippen LogP contribution in [0.4, 0.5) is 0 Å². The number of rotatable bonds is 2. The highest BCUT2D eigenvalue weighted by atomic mass is 35.5. The van der Waals surface area contributed by atoms with E-state index in [1.165, 1.54) is 0 Å². The molecule has 2 nitrogen and oxygen atoms in total. The molecule has 1 saturated heterocycles. The van der Waals surface area contributed by atoms with Gasteiger partial charge in [0.1, 0.15) is 0 Å². The molecule has 2 atom stereocenters. The van der Waals surface area contributed by atoms with Crippen molar-refractivity contribution < 1.29 is 9.84 Å². The predicted octanol–water partition coefficient (Wildman–Crippen LogP) is 2.93. The average Bonchev–Trinajstić information content (AvgIpc) is 2.25. The fraction of sp³-hybridized carbons (Fsp3) is 0.500. The van der Waals surface area contributed by atoms with Crippen LogP contribution in [0.1, 0.15) is 12.0 Å². The van der Waals surface area contributed by atoms with E-state index in [4.69, 9.17) is 27.9 Å². The van der Waals surface area contributed by atoms with Gasteiger partial charge < -0.3 is 9.84 Å². The smallest absolute Gasteiger partial charge is 0.0615 e. The molecule has 88 valence electrons. The first-order valence-corrected chi connectivity index (χ1v) is 6.12. The molecule has 0 bridgehead atoms. The summed E-state index contributed by atoms with van der Waals surface area (Å²) in [6.45, 7) is 1.24. The Labute approximate surface area is 105 Å². The van der Waals surface area contributed by atoms with Gasteiger partial charge in [-0.3, -0.25) is 0 Å².